The first-order valence-electron chi connectivity index (χ1n) is 14.4. The highest BCUT2D eigenvalue weighted by Crippen LogP contribution is 2.54. The summed E-state index contributed by atoms with van der Waals surface area (Å²) in [5.74, 6) is -0.325. The lowest BCUT2D eigenvalue weighted by molar-refractivity contribution is -0.141. The summed E-state index contributed by atoms with van der Waals surface area (Å²) in [6, 6.07) is 13.7. The Morgan fingerprint density at radius 2 is 1.08 bits per heavy atom. The summed E-state index contributed by atoms with van der Waals surface area (Å²) in [7, 11) is 2.91. The van der Waals surface area contributed by atoms with Crippen molar-refractivity contribution in [2.24, 2.45) is 0 Å². The number of hydrogen-bond acceptors (Lipinski definition) is 4. The van der Waals surface area contributed by atoms with Gasteiger partial charge in [-0.2, -0.15) is 0 Å². The van der Waals surface area contributed by atoms with Crippen LogP contribution >= 0.6 is 0 Å². The SMILES string of the molecule is CCCCCCC1(CCCCCC)c2cc(CCC(=O)OC)ccc2-c2ccc(CCC(=O)OC)cc21. The topological polar surface area (TPSA) is 52.6 Å². The molecule has 0 unspecified atom stereocenters. The predicted octanol–water partition coefficient (Wildman–Crippen LogP) is 8.11. The largest absolute Gasteiger partial charge is 0.469 e. The highest BCUT2D eigenvalue weighted by atomic mass is 16.5. The second-order valence-electron chi connectivity index (χ2n) is 10.6. The van der Waals surface area contributed by atoms with Crippen LogP contribution in [0, 0.1) is 0 Å². The number of methoxy groups -OCH3 is 2. The van der Waals surface area contributed by atoms with Crippen molar-refractivity contribution in [3.8, 4) is 11.1 Å². The highest BCUT2D eigenvalue weighted by Gasteiger charge is 2.42. The Kier molecular flexibility index (Phi) is 11.2. The van der Waals surface area contributed by atoms with Crippen molar-refractivity contribution in [3.05, 3.63) is 58.7 Å². The van der Waals surface area contributed by atoms with Gasteiger partial charge in [-0.1, -0.05) is 102 Å². The molecule has 0 aromatic heterocycles. The van der Waals surface area contributed by atoms with Crippen molar-refractivity contribution in [3.63, 3.8) is 0 Å². The first-order chi connectivity index (χ1) is 18.0. The Morgan fingerprint density at radius 3 is 1.46 bits per heavy atom. The third kappa shape index (κ3) is 7.24. The molecule has 0 heterocycles. The smallest absolute Gasteiger partial charge is 0.305 e. The summed E-state index contributed by atoms with van der Waals surface area (Å²) < 4.78 is 9.80. The number of aryl methyl sites for hydroxylation is 2. The maximum Gasteiger partial charge on any atom is 0.305 e. The van der Waals surface area contributed by atoms with Crippen LogP contribution in [0.2, 0.25) is 0 Å². The van der Waals surface area contributed by atoms with Crippen molar-refractivity contribution >= 4 is 11.9 Å². The second kappa shape index (κ2) is 14.4. The maximum atomic E-state index is 11.8. The van der Waals surface area contributed by atoms with Gasteiger partial charge in [-0.05, 0) is 59.1 Å². The van der Waals surface area contributed by atoms with E-state index < -0.39 is 0 Å². The summed E-state index contributed by atoms with van der Waals surface area (Å²) in [5, 5.41) is 0. The molecule has 1 aliphatic carbocycles. The van der Waals surface area contributed by atoms with Crippen LogP contribution in [0.25, 0.3) is 11.1 Å². The van der Waals surface area contributed by atoms with Gasteiger partial charge in [0.15, 0.2) is 0 Å². The normalized spacial score (nSPS) is 13.2. The van der Waals surface area contributed by atoms with Crippen LogP contribution in [0.15, 0.2) is 36.4 Å². The Labute approximate surface area is 224 Å². The van der Waals surface area contributed by atoms with Crippen LogP contribution in [-0.4, -0.2) is 26.2 Å². The number of benzene rings is 2. The number of esters is 2. The summed E-state index contributed by atoms with van der Waals surface area (Å²) in [6.07, 6.45) is 14.4. The van der Waals surface area contributed by atoms with E-state index in [0.29, 0.717) is 25.7 Å². The van der Waals surface area contributed by atoms with E-state index in [0.717, 1.165) is 12.8 Å². The van der Waals surface area contributed by atoms with E-state index in [1.54, 1.807) is 0 Å². The molecule has 0 atom stereocenters. The first kappa shape index (κ1) is 28.9. The van der Waals surface area contributed by atoms with Gasteiger partial charge in [-0.15, -0.1) is 0 Å². The van der Waals surface area contributed by atoms with Crippen molar-refractivity contribution in [1.82, 2.24) is 0 Å². The number of ether oxygens (including phenoxy) is 2. The minimum Gasteiger partial charge on any atom is -0.469 e. The van der Waals surface area contributed by atoms with Crippen LogP contribution in [0.1, 0.15) is 113 Å². The molecule has 0 aliphatic heterocycles. The minimum absolute atomic E-state index is 0.0191. The third-order valence-corrected chi connectivity index (χ3v) is 8.09. The molecular weight excluding hydrogens is 460 g/mol. The van der Waals surface area contributed by atoms with Crippen molar-refractivity contribution in [2.75, 3.05) is 14.2 Å². The minimum atomic E-state index is -0.163. The first-order valence-corrected chi connectivity index (χ1v) is 14.4. The summed E-state index contributed by atoms with van der Waals surface area (Å²) in [5.41, 5.74) is 7.92. The number of rotatable bonds is 16. The van der Waals surface area contributed by atoms with Gasteiger partial charge in [-0.3, -0.25) is 9.59 Å². The molecule has 4 nitrogen and oxygen atoms in total. The molecule has 202 valence electrons. The van der Waals surface area contributed by atoms with Gasteiger partial charge < -0.3 is 9.47 Å². The lowest BCUT2D eigenvalue weighted by Gasteiger charge is -2.33. The van der Waals surface area contributed by atoms with Crippen molar-refractivity contribution in [2.45, 2.75) is 109 Å². The molecule has 0 radical (unpaired) electrons. The van der Waals surface area contributed by atoms with Gasteiger partial charge in [0, 0.05) is 18.3 Å². The van der Waals surface area contributed by atoms with Gasteiger partial charge in [-0.25, -0.2) is 0 Å². The Balaban J connectivity index is 2.04. The standard InChI is InChI=1S/C33H46O4/c1-5-7-9-11-21-33(22-12-10-8-6-2)29-23-25(15-19-31(34)36-3)13-17-27(29)28-18-14-26(24-30(28)33)16-20-32(35)37-4/h13-14,17-18,23-24H,5-12,15-16,19-22H2,1-4H3. The number of carbonyl (C=O) groups is 2. The van der Waals surface area contributed by atoms with Crippen LogP contribution in [0.5, 0.6) is 0 Å². The van der Waals surface area contributed by atoms with E-state index in [2.05, 4.69) is 50.2 Å². The molecule has 0 bridgehead atoms. The molecule has 0 N–H and O–H groups in total. The Morgan fingerprint density at radius 1 is 0.649 bits per heavy atom. The average molecular weight is 507 g/mol. The maximum absolute atomic E-state index is 11.8. The number of carbonyl (C=O) groups excluding carboxylic acids is 2. The number of hydrogen-bond donors (Lipinski definition) is 0. The molecule has 2 aromatic carbocycles. The van der Waals surface area contributed by atoms with Gasteiger partial charge in [0.2, 0.25) is 0 Å². The molecular formula is C33H46O4. The number of unbranched alkanes of at least 4 members (excludes halogenated alkanes) is 6. The van der Waals surface area contributed by atoms with Crippen LogP contribution in [0.3, 0.4) is 0 Å². The summed E-state index contributed by atoms with van der Waals surface area (Å²) in [6.45, 7) is 4.53. The molecule has 2 aromatic rings. The fraction of sp³-hybridized carbons (Fsp3) is 0.576. The molecule has 37 heavy (non-hydrogen) atoms. The van der Waals surface area contributed by atoms with E-state index in [1.165, 1.54) is 99.0 Å². The van der Waals surface area contributed by atoms with E-state index >= 15 is 0 Å². The molecule has 0 saturated carbocycles. The zero-order valence-corrected chi connectivity index (χ0v) is 23.5. The molecule has 0 saturated heterocycles. The van der Waals surface area contributed by atoms with Crippen LogP contribution in [0.4, 0.5) is 0 Å². The van der Waals surface area contributed by atoms with Crippen molar-refractivity contribution in [1.29, 1.82) is 0 Å². The van der Waals surface area contributed by atoms with Gasteiger partial charge in [0.05, 0.1) is 14.2 Å². The van der Waals surface area contributed by atoms with E-state index in [9.17, 15) is 9.59 Å². The molecule has 1 aliphatic rings. The van der Waals surface area contributed by atoms with E-state index in [-0.39, 0.29) is 17.4 Å². The monoisotopic (exact) mass is 506 g/mol. The molecule has 0 fully saturated rings. The number of fused-ring (bicyclic) bond motifs is 3. The zero-order valence-electron chi connectivity index (χ0n) is 23.5. The van der Waals surface area contributed by atoms with E-state index in [1.807, 2.05) is 0 Å². The van der Waals surface area contributed by atoms with Crippen molar-refractivity contribution < 1.29 is 19.1 Å². The molecule has 3 rings (SSSR count). The van der Waals surface area contributed by atoms with Gasteiger partial charge in [0.25, 0.3) is 0 Å². The molecule has 0 spiro atoms. The molecule has 4 heteroatoms. The summed E-state index contributed by atoms with van der Waals surface area (Å²) in [4.78, 5) is 23.7. The van der Waals surface area contributed by atoms with Gasteiger partial charge >= 0.3 is 11.9 Å². The summed E-state index contributed by atoms with van der Waals surface area (Å²) >= 11 is 0. The fourth-order valence-corrected chi connectivity index (χ4v) is 5.97. The lowest BCUT2D eigenvalue weighted by atomic mass is 9.70. The Bertz CT molecular complexity index is 955. The van der Waals surface area contributed by atoms with E-state index in [4.69, 9.17) is 9.47 Å². The third-order valence-electron chi connectivity index (χ3n) is 8.09. The quantitative estimate of drug-likeness (QED) is 0.170. The van der Waals surface area contributed by atoms with Crippen LogP contribution < -0.4 is 0 Å². The predicted molar refractivity (Wildman–Crippen MR) is 151 cm³/mol. The average Bonchev–Trinajstić information content (AvgIpc) is 3.19. The molecule has 0 amide bonds. The fourth-order valence-electron chi connectivity index (χ4n) is 5.97. The second-order valence-corrected chi connectivity index (χ2v) is 10.6. The Hall–Kier alpha value is -2.62. The van der Waals surface area contributed by atoms with Crippen LogP contribution in [-0.2, 0) is 37.3 Å². The highest BCUT2D eigenvalue weighted by molar-refractivity contribution is 5.82. The lowest BCUT2D eigenvalue weighted by Crippen LogP contribution is -2.26. The zero-order chi connectivity index (χ0) is 26.7. The van der Waals surface area contributed by atoms with Gasteiger partial charge in [0.1, 0.15) is 0 Å².